The first-order valence-electron chi connectivity index (χ1n) is 11.6. The van der Waals surface area contributed by atoms with Crippen molar-refractivity contribution < 1.29 is 18.7 Å². The fourth-order valence-corrected chi connectivity index (χ4v) is 4.78. The molecule has 1 amide bonds. The molecular formula is C30H23FN2O3S. The van der Waals surface area contributed by atoms with Crippen molar-refractivity contribution >= 4 is 40.3 Å². The fourth-order valence-electron chi connectivity index (χ4n) is 3.78. The minimum Gasteiger partial charge on any atom is -0.493 e. The van der Waals surface area contributed by atoms with Gasteiger partial charge in [-0.3, -0.25) is 9.69 Å². The normalized spacial score (nSPS) is 15.4. The van der Waals surface area contributed by atoms with Crippen LogP contribution in [0.4, 0.5) is 15.8 Å². The Labute approximate surface area is 218 Å². The molecule has 1 saturated heterocycles. The van der Waals surface area contributed by atoms with E-state index in [1.54, 1.807) is 48.4 Å². The molecule has 0 aliphatic carbocycles. The molecule has 4 aromatic carbocycles. The Hall–Kier alpha value is -4.36. The highest BCUT2D eigenvalue weighted by Gasteiger charge is 2.34. The Balaban J connectivity index is 1.43. The number of ether oxygens (including phenoxy) is 2. The number of para-hydroxylation sites is 2. The molecule has 1 fully saturated rings. The predicted molar refractivity (Wildman–Crippen MR) is 147 cm³/mol. The minimum absolute atomic E-state index is 0.0726. The fraction of sp³-hybridized carbons (Fsp3) is 0.0667. The van der Waals surface area contributed by atoms with Crippen LogP contribution in [0.1, 0.15) is 11.1 Å². The van der Waals surface area contributed by atoms with E-state index in [1.165, 1.54) is 17.8 Å². The van der Waals surface area contributed by atoms with Gasteiger partial charge in [0, 0.05) is 5.56 Å². The molecule has 1 aliphatic rings. The summed E-state index contributed by atoms with van der Waals surface area (Å²) in [4.78, 5) is 20.4. The lowest BCUT2D eigenvalue weighted by Crippen LogP contribution is -2.28. The van der Waals surface area contributed by atoms with Gasteiger partial charge in [0.2, 0.25) is 0 Å². The van der Waals surface area contributed by atoms with Crippen molar-refractivity contribution in [3.05, 3.63) is 125 Å². The molecule has 1 aliphatic heterocycles. The van der Waals surface area contributed by atoms with Gasteiger partial charge in [-0.25, -0.2) is 9.38 Å². The highest BCUT2D eigenvalue weighted by atomic mass is 32.2. The third-order valence-corrected chi connectivity index (χ3v) is 6.60. The van der Waals surface area contributed by atoms with Gasteiger partial charge in [-0.05, 0) is 65.9 Å². The van der Waals surface area contributed by atoms with Crippen LogP contribution in [0.15, 0.2) is 113 Å². The van der Waals surface area contributed by atoms with Gasteiger partial charge in [-0.15, -0.1) is 0 Å². The van der Waals surface area contributed by atoms with Crippen LogP contribution >= 0.6 is 11.8 Å². The SMILES string of the molecule is COc1cc(/C=C2/SC(=Nc3ccccc3)N(c3ccccc3)C2=O)ccc1OCc1ccccc1F. The van der Waals surface area contributed by atoms with Crippen LogP contribution in [0.3, 0.4) is 0 Å². The van der Waals surface area contributed by atoms with Gasteiger partial charge >= 0.3 is 0 Å². The van der Waals surface area contributed by atoms with Crippen molar-refractivity contribution in [2.24, 2.45) is 4.99 Å². The lowest BCUT2D eigenvalue weighted by Gasteiger charge is -2.15. The lowest BCUT2D eigenvalue weighted by molar-refractivity contribution is -0.113. The van der Waals surface area contributed by atoms with Gasteiger partial charge in [-0.2, -0.15) is 0 Å². The summed E-state index contributed by atoms with van der Waals surface area (Å²) in [6.45, 7) is 0.0726. The summed E-state index contributed by atoms with van der Waals surface area (Å²) in [6, 6.07) is 30.8. The number of benzene rings is 4. The molecule has 37 heavy (non-hydrogen) atoms. The van der Waals surface area contributed by atoms with Crippen LogP contribution in [-0.4, -0.2) is 18.2 Å². The third-order valence-electron chi connectivity index (χ3n) is 5.63. The van der Waals surface area contributed by atoms with Gasteiger partial charge in [0.25, 0.3) is 5.91 Å². The molecule has 0 unspecified atom stereocenters. The van der Waals surface area contributed by atoms with Gasteiger partial charge in [0.05, 0.1) is 23.4 Å². The Morgan fingerprint density at radius 2 is 1.59 bits per heavy atom. The molecule has 4 aromatic rings. The number of halogens is 1. The summed E-state index contributed by atoms with van der Waals surface area (Å²) in [6.07, 6.45) is 1.81. The molecule has 1 heterocycles. The maximum Gasteiger partial charge on any atom is 0.271 e. The number of methoxy groups -OCH3 is 1. The van der Waals surface area contributed by atoms with Gasteiger partial charge < -0.3 is 9.47 Å². The lowest BCUT2D eigenvalue weighted by atomic mass is 10.1. The maximum absolute atomic E-state index is 14.0. The molecule has 0 bridgehead atoms. The number of amidine groups is 1. The molecule has 0 N–H and O–H groups in total. The average molecular weight is 511 g/mol. The number of carbonyl (C=O) groups excluding carboxylic acids is 1. The Morgan fingerprint density at radius 1 is 0.892 bits per heavy atom. The first kappa shape index (κ1) is 24.3. The second kappa shape index (κ2) is 11.1. The van der Waals surface area contributed by atoms with Crippen molar-refractivity contribution in [3.8, 4) is 11.5 Å². The van der Waals surface area contributed by atoms with Crippen LogP contribution in [0.5, 0.6) is 11.5 Å². The van der Waals surface area contributed by atoms with Crippen LogP contribution in [0.25, 0.3) is 6.08 Å². The topological polar surface area (TPSA) is 51.1 Å². The largest absolute Gasteiger partial charge is 0.493 e. The van der Waals surface area contributed by atoms with E-state index in [9.17, 15) is 9.18 Å². The molecule has 7 heteroatoms. The smallest absolute Gasteiger partial charge is 0.271 e. The van der Waals surface area contributed by atoms with Crippen molar-refractivity contribution in [3.63, 3.8) is 0 Å². The highest BCUT2D eigenvalue weighted by molar-refractivity contribution is 8.19. The summed E-state index contributed by atoms with van der Waals surface area (Å²) in [5.41, 5.74) is 2.72. The number of aliphatic imine (C=N–C) groups is 1. The van der Waals surface area contributed by atoms with Crippen LogP contribution in [-0.2, 0) is 11.4 Å². The zero-order valence-electron chi connectivity index (χ0n) is 20.0. The Bertz CT molecular complexity index is 1470. The van der Waals surface area contributed by atoms with Crippen molar-refractivity contribution in [1.29, 1.82) is 0 Å². The van der Waals surface area contributed by atoms with Crippen molar-refractivity contribution in [2.75, 3.05) is 12.0 Å². The minimum atomic E-state index is -0.324. The van der Waals surface area contributed by atoms with E-state index in [1.807, 2.05) is 66.7 Å². The zero-order valence-corrected chi connectivity index (χ0v) is 20.8. The number of hydrogen-bond acceptors (Lipinski definition) is 5. The van der Waals surface area contributed by atoms with E-state index < -0.39 is 0 Å². The molecule has 5 nitrogen and oxygen atoms in total. The second-order valence-electron chi connectivity index (χ2n) is 8.11. The molecule has 0 atom stereocenters. The number of nitrogens with zero attached hydrogens (tertiary/aromatic N) is 2. The molecule has 184 valence electrons. The van der Waals surface area contributed by atoms with Gasteiger partial charge in [0.15, 0.2) is 16.7 Å². The first-order chi connectivity index (χ1) is 18.1. The summed E-state index contributed by atoms with van der Waals surface area (Å²) >= 11 is 1.31. The van der Waals surface area contributed by atoms with Gasteiger partial charge in [0.1, 0.15) is 12.4 Å². The number of anilines is 1. The van der Waals surface area contributed by atoms with Crippen LogP contribution < -0.4 is 14.4 Å². The van der Waals surface area contributed by atoms with Crippen molar-refractivity contribution in [1.82, 2.24) is 0 Å². The zero-order chi connectivity index (χ0) is 25.6. The van der Waals surface area contributed by atoms with Crippen LogP contribution in [0, 0.1) is 5.82 Å². The van der Waals surface area contributed by atoms with E-state index in [4.69, 9.17) is 14.5 Å². The van der Waals surface area contributed by atoms with E-state index in [2.05, 4.69) is 0 Å². The van der Waals surface area contributed by atoms with E-state index >= 15 is 0 Å². The summed E-state index contributed by atoms with van der Waals surface area (Å²) in [5.74, 6) is 0.482. The van der Waals surface area contributed by atoms with Gasteiger partial charge in [-0.1, -0.05) is 60.7 Å². The van der Waals surface area contributed by atoms with E-state index in [0.29, 0.717) is 27.1 Å². The monoisotopic (exact) mass is 510 g/mol. The maximum atomic E-state index is 14.0. The molecular weight excluding hydrogens is 487 g/mol. The Morgan fingerprint density at radius 3 is 2.32 bits per heavy atom. The standard InChI is InChI=1S/C30H23FN2O3S/c1-35-27-18-21(16-17-26(27)36-20-22-10-8-9-15-25(22)31)19-28-29(34)33(24-13-6-3-7-14-24)30(37-28)32-23-11-4-2-5-12-23/h2-19H,20H2,1H3/b28-19+,32-30?. The summed E-state index contributed by atoms with van der Waals surface area (Å²) in [7, 11) is 1.54. The first-order valence-corrected chi connectivity index (χ1v) is 12.4. The van der Waals surface area contributed by atoms with Crippen molar-refractivity contribution in [2.45, 2.75) is 6.61 Å². The molecule has 0 spiro atoms. The molecule has 0 aromatic heterocycles. The number of hydrogen-bond donors (Lipinski definition) is 0. The highest BCUT2D eigenvalue weighted by Crippen LogP contribution is 2.38. The number of rotatable bonds is 7. The molecule has 0 radical (unpaired) electrons. The molecule has 0 saturated carbocycles. The van der Waals surface area contributed by atoms with E-state index in [0.717, 1.165) is 16.9 Å². The predicted octanol–water partition coefficient (Wildman–Crippen LogP) is 7.22. The summed E-state index contributed by atoms with van der Waals surface area (Å²) in [5, 5.41) is 0.574. The Kier molecular flexibility index (Phi) is 7.33. The third kappa shape index (κ3) is 5.57. The number of thioether (sulfide) groups is 1. The second-order valence-corrected chi connectivity index (χ2v) is 9.12. The number of amides is 1. The molecule has 5 rings (SSSR count). The quantitative estimate of drug-likeness (QED) is 0.246. The summed E-state index contributed by atoms with van der Waals surface area (Å²) < 4.78 is 25.3. The van der Waals surface area contributed by atoms with Crippen LogP contribution in [0.2, 0.25) is 0 Å². The number of carbonyl (C=O) groups is 1. The van der Waals surface area contributed by atoms with E-state index in [-0.39, 0.29) is 18.3 Å². The average Bonchev–Trinajstić information content (AvgIpc) is 3.23.